The van der Waals surface area contributed by atoms with Crippen LogP contribution in [0.1, 0.15) is 54.7 Å². The van der Waals surface area contributed by atoms with Gasteiger partial charge >= 0.3 is 6.18 Å². The first-order valence-corrected chi connectivity index (χ1v) is 12.0. The molecule has 9 nitrogen and oxygen atoms in total. The lowest BCUT2D eigenvalue weighted by Gasteiger charge is -2.41. The highest BCUT2D eigenvalue weighted by Gasteiger charge is 2.62. The Hall–Kier alpha value is -3.80. The first-order valence-electron chi connectivity index (χ1n) is 12.0. The van der Waals surface area contributed by atoms with Gasteiger partial charge in [0.05, 0.1) is 31.2 Å². The highest BCUT2D eigenvalue weighted by atomic mass is 19.4. The minimum Gasteiger partial charge on any atom is -0.494 e. The van der Waals surface area contributed by atoms with Crippen LogP contribution < -0.4 is 20.5 Å². The molecule has 4 N–H and O–H groups in total. The van der Waals surface area contributed by atoms with Crippen LogP contribution in [0.25, 0.3) is 0 Å². The number of ether oxygens (including phenoxy) is 2. The highest BCUT2D eigenvalue weighted by molar-refractivity contribution is 5.99. The molecule has 0 saturated carbocycles. The summed E-state index contributed by atoms with van der Waals surface area (Å²) >= 11 is 0. The third kappa shape index (κ3) is 5.13. The first-order chi connectivity index (χ1) is 17.8. The average molecular weight is 535 g/mol. The number of rotatable bonds is 6. The number of aliphatic hydroxyl groups is 1. The molecule has 2 heterocycles. The van der Waals surface area contributed by atoms with Gasteiger partial charge < -0.3 is 25.6 Å². The molecule has 2 aromatic rings. The lowest BCUT2D eigenvalue weighted by molar-refractivity contribution is -0.282. The van der Waals surface area contributed by atoms with Crippen LogP contribution in [0.4, 0.5) is 13.2 Å². The third-order valence-corrected chi connectivity index (χ3v) is 6.45. The number of amides is 2. The summed E-state index contributed by atoms with van der Waals surface area (Å²) < 4.78 is 52.7. The van der Waals surface area contributed by atoms with E-state index in [4.69, 9.17) is 15.2 Å². The standard InChI is InChI=1S/C26H29F3N4O5/c1-4-37-18-10-9-15(11-16(18)13-33-20(34)12-24(2,3)32-23(33)30)22(35)31-21-17-7-5-6-8-19(17)38-14-25(21,36)26(27,28)29/h5-11,21,36H,4,12-14H2,1-3H3,(H2,30,32)(H,31,35). The summed E-state index contributed by atoms with van der Waals surface area (Å²) in [6, 6.07) is 8.34. The predicted molar refractivity (Wildman–Crippen MR) is 132 cm³/mol. The van der Waals surface area contributed by atoms with E-state index >= 15 is 0 Å². The highest BCUT2D eigenvalue weighted by Crippen LogP contribution is 2.46. The Labute approximate surface area is 217 Å². The molecule has 0 aromatic heterocycles. The molecule has 0 fully saturated rings. The molecule has 0 saturated heterocycles. The smallest absolute Gasteiger partial charge is 0.423 e. The average Bonchev–Trinajstić information content (AvgIpc) is 2.83. The molecule has 2 atom stereocenters. The van der Waals surface area contributed by atoms with Crippen molar-refractivity contribution in [3.63, 3.8) is 0 Å². The van der Waals surface area contributed by atoms with E-state index in [1.807, 2.05) is 0 Å². The summed E-state index contributed by atoms with van der Waals surface area (Å²) in [5.41, 5.74) is 2.42. The van der Waals surface area contributed by atoms with E-state index in [2.05, 4.69) is 10.3 Å². The van der Waals surface area contributed by atoms with Gasteiger partial charge in [0.15, 0.2) is 5.96 Å². The Morgan fingerprint density at radius 1 is 1.29 bits per heavy atom. The van der Waals surface area contributed by atoms with Crippen molar-refractivity contribution in [3.8, 4) is 11.5 Å². The van der Waals surface area contributed by atoms with Gasteiger partial charge in [0.2, 0.25) is 11.5 Å². The van der Waals surface area contributed by atoms with Crippen LogP contribution in [0, 0.1) is 0 Å². The molecule has 0 radical (unpaired) electrons. The molecule has 2 amide bonds. The number of aliphatic imine (C=N–C) groups is 1. The van der Waals surface area contributed by atoms with Crippen molar-refractivity contribution in [1.29, 1.82) is 0 Å². The number of halogens is 3. The number of hydrogen-bond donors (Lipinski definition) is 3. The largest absolute Gasteiger partial charge is 0.494 e. The maximum absolute atomic E-state index is 14.0. The van der Waals surface area contributed by atoms with Crippen LogP contribution in [0.3, 0.4) is 0 Å². The molecule has 12 heteroatoms. The molecule has 0 spiro atoms. The van der Waals surface area contributed by atoms with E-state index in [1.54, 1.807) is 26.8 Å². The van der Waals surface area contributed by atoms with Gasteiger partial charge in [-0.15, -0.1) is 0 Å². The fourth-order valence-electron chi connectivity index (χ4n) is 4.52. The minimum absolute atomic E-state index is 0.00255. The number of carbonyl (C=O) groups is 2. The number of nitrogens with zero attached hydrogens (tertiary/aromatic N) is 2. The maximum atomic E-state index is 14.0. The molecule has 0 bridgehead atoms. The summed E-state index contributed by atoms with van der Waals surface area (Å²) in [5.74, 6) is -0.629. The van der Waals surface area contributed by atoms with Gasteiger partial charge in [-0.05, 0) is 45.0 Å². The van der Waals surface area contributed by atoms with Crippen molar-refractivity contribution in [2.75, 3.05) is 13.2 Å². The SMILES string of the molecule is CCOc1ccc(C(=O)NC2c3ccccc3OCC2(O)C(F)(F)F)cc1CN1C(=O)CC(C)(C)N=C1N. The summed E-state index contributed by atoms with van der Waals surface area (Å²) in [4.78, 5) is 31.6. The van der Waals surface area contributed by atoms with Gasteiger partial charge in [-0.3, -0.25) is 14.5 Å². The fourth-order valence-corrected chi connectivity index (χ4v) is 4.52. The van der Waals surface area contributed by atoms with Gasteiger partial charge in [0, 0.05) is 16.7 Å². The normalized spacial score (nSPS) is 22.7. The van der Waals surface area contributed by atoms with Gasteiger partial charge in [-0.2, -0.15) is 13.2 Å². The Bertz CT molecular complexity index is 1280. The zero-order valence-electron chi connectivity index (χ0n) is 21.1. The summed E-state index contributed by atoms with van der Waals surface area (Å²) in [6.45, 7) is 4.47. The van der Waals surface area contributed by atoms with Crippen molar-refractivity contribution < 1.29 is 37.3 Å². The third-order valence-electron chi connectivity index (χ3n) is 6.45. The molecular formula is C26H29F3N4O5. The van der Waals surface area contributed by atoms with Crippen LogP contribution in [0.15, 0.2) is 47.5 Å². The number of benzene rings is 2. The fraction of sp³-hybridized carbons (Fsp3) is 0.423. The number of alkyl halides is 3. The van der Waals surface area contributed by atoms with Gasteiger partial charge in [0.25, 0.3) is 5.91 Å². The van der Waals surface area contributed by atoms with E-state index in [1.165, 1.54) is 41.3 Å². The van der Waals surface area contributed by atoms with Crippen LogP contribution in [-0.2, 0) is 11.3 Å². The van der Waals surface area contributed by atoms with Crippen molar-refractivity contribution in [2.45, 2.75) is 57.1 Å². The van der Waals surface area contributed by atoms with Gasteiger partial charge in [-0.1, -0.05) is 18.2 Å². The number of nitrogens with one attached hydrogen (secondary N) is 1. The molecule has 2 aromatic carbocycles. The first kappa shape index (κ1) is 27.2. The van der Waals surface area contributed by atoms with E-state index in [0.717, 1.165) is 0 Å². The zero-order chi connectivity index (χ0) is 27.9. The van der Waals surface area contributed by atoms with E-state index < -0.39 is 35.9 Å². The lowest BCUT2D eigenvalue weighted by Crippen LogP contribution is -2.60. The summed E-state index contributed by atoms with van der Waals surface area (Å²) in [6.07, 6.45) is -4.97. The van der Waals surface area contributed by atoms with Gasteiger partial charge in [0.1, 0.15) is 18.1 Å². The molecule has 204 valence electrons. The van der Waals surface area contributed by atoms with Crippen LogP contribution >= 0.6 is 0 Å². The Morgan fingerprint density at radius 3 is 2.66 bits per heavy atom. The number of carbonyl (C=O) groups excluding carboxylic acids is 2. The Kier molecular flexibility index (Phi) is 7.04. The molecule has 2 aliphatic heterocycles. The van der Waals surface area contributed by atoms with E-state index in [0.29, 0.717) is 17.9 Å². The van der Waals surface area contributed by atoms with Crippen molar-refractivity contribution in [3.05, 3.63) is 59.2 Å². The van der Waals surface area contributed by atoms with Crippen molar-refractivity contribution >= 4 is 17.8 Å². The summed E-state index contributed by atoms with van der Waals surface area (Å²) in [7, 11) is 0. The second kappa shape index (κ2) is 9.82. The second-order valence-corrected chi connectivity index (χ2v) is 9.85. The minimum atomic E-state index is -5.10. The molecular weight excluding hydrogens is 505 g/mol. The number of guanidine groups is 1. The predicted octanol–water partition coefficient (Wildman–Crippen LogP) is 3.07. The number of fused-ring (bicyclic) bond motifs is 1. The van der Waals surface area contributed by atoms with Crippen LogP contribution in [0.5, 0.6) is 11.5 Å². The van der Waals surface area contributed by atoms with E-state index in [9.17, 15) is 27.9 Å². The zero-order valence-corrected chi connectivity index (χ0v) is 21.1. The lowest BCUT2D eigenvalue weighted by atomic mass is 9.85. The molecule has 2 unspecified atom stereocenters. The number of nitrogens with two attached hydrogens (primary N) is 1. The topological polar surface area (TPSA) is 126 Å². The van der Waals surface area contributed by atoms with Crippen molar-refractivity contribution in [1.82, 2.24) is 10.2 Å². The number of hydrogen-bond acceptors (Lipinski definition) is 7. The van der Waals surface area contributed by atoms with Crippen LogP contribution in [0.2, 0.25) is 0 Å². The monoisotopic (exact) mass is 534 g/mol. The Morgan fingerprint density at radius 2 is 2.00 bits per heavy atom. The quantitative estimate of drug-likeness (QED) is 0.523. The molecule has 4 rings (SSSR count). The molecule has 2 aliphatic rings. The Balaban J connectivity index is 1.67. The van der Waals surface area contributed by atoms with E-state index in [-0.39, 0.29) is 41.7 Å². The second-order valence-electron chi connectivity index (χ2n) is 9.85. The summed E-state index contributed by atoms with van der Waals surface area (Å²) in [5, 5.41) is 13.0. The van der Waals surface area contributed by atoms with Gasteiger partial charge in [-0.25, -0.2) is 4.99 Å². The molecule has 0 aliphatic carbocycles. The molecule has 38 heavy (non-hydrogen) atoms. The number of para-hydroxylation sites is 1. The maximum Gasteiger partial charge on any atom is 0.423 e. The van der Waals surface area contributed by atoms with Crippen LogP contribution in [-0.4, -0.2) is 58.3 Å². The van der Waals surface area contributed by atoms with Crippen molar-refractivity contribution in [2.24, 2.45) is 10.7 Å².